The monoisotopic (exact) mass is 221 g/mol. The fraction of sp³-hybridized carbons (Fsp3) is 0.571. The summed E-state index contributed by atoms with van der Waals surface area (Å²) in [6.07, 6.45) is 1.40. The van der Waals surface area contributed by atoms with E-state index in [1.54, 1.807) is 0 Å². The Bertz CT molecular complexity index is 292. The molecule has 1 aromatic carbocycles. The van der Waals surface area contributed by atoms with Crippen LogP contribution in [0.4, 0.5) is 0 Å². The van der Waals surface area contributed by atoms with E-state index >= 15 is 0 Å². The first-order chi connectivity index (χ1) is 7.67. The molecule has 1 N–H and O–H groups in total. The van der Waals surface area contributed by atoms with Gasteiger partial charge in [0.2, 0.25) is 0 Å². The summed E-state index contributed by atoms with van der Waals surface area (Å²) in [5, 5.41) is 3.23. The lowest BCUT2D eigenvalue weighted by molar-refractivity contribution is 0.242. The standard InChI is InChI=1S/C14H23NO/c1-5-12(10-15-4)13-6-8-14(9-7-13)16-11(2)3/h6-9,11-12,15H,5,10H2,1-4H3. The highest BCUT2D eigenvalue weighted by molar-refractivity contribution is 5.29. The van der Waals surface area contributed by atoms with Crippen molar-refractivity contribution in [3.05, 3.63) is 29.8 Å². The quantitative estimate of drug-likeness (QED) is 0.796. The smallest absolute Gasteiger partial charge is 0.119 e. The third-order valence-corrected chi connectivity index (χ3v) is 2.67. The van der Waals surface area contributed by atoms with E-state index in [-0.39, 0.29) is 6.10 Å². The van der Waals surface area contributed by atoms with Crippen LogP contribution in [0.1, 0.15) is 38.7 Å². The van der Waals surface area contributed by atoms with Crippen molar-refractivity contribution in [3.8, 4) is 5.75 Å². The highest BCUT2D eigenvalue weighted by atomic mass is 16.5. The van der Waals surface area contributed by atoms with Gasteiger partial charge in [0.25, 0.3) is 0 Å². The third-order valence-electron chi connectivity index (χ3n) is 2.67. The Morgan fingerprint density at radius 1 is 1.19 bits per heavy atom. The molecule has 0 bridgehead atoms. The van der Waals surface area contributed by atoms with Crippen molar-refractivity contribution in [2.75, 3.05) is 13.6 Å². The molecular weight excluding hydrogens is 198 g/mol. The summed E-state index contributed by atoms with van der Waals surface area (Å²) in [7, 11) is 2.00. The number of ether oxygens (including phenoxy) is 1. The fourth-order valence-corrected chi connectivity index (χ4v) is 1.84. The predicted molar refractivity (Wildman–Crippen MR) is 69.2 cm³/mol. The van der Waals surface area contributed by atoms with E-state index in [0.717, 1.165) is 18.7 Å². The molecule has 2 nitrogen and oxygen atoms in total. The Kier molecular flexibility index (Phi) is 5.33. The number of benzene rings is 1. The van der Waals surface area contributed by atoms with Crippen molar-refractivity contribution in [3.63, 3.8) is 0 Å². The predicted octanol–water partition coefficient (Wildman–Crippen LogP) is 3.19. The minimum atomic E-state index is 0.241. The van der Waals surface area contributed by atoms with Gasteiger partial charge in [0.05, 0.1) is 6.10 Å². The number of hydrogen-bond acceptors (Lipinski definition) is 2. The Balaban J connectivity index is 2.69. The van der Waals surface area contributed by atoms with E-state index in [0.29, 0.717) is 5.92 Å². The van der Waals surface area contributed by atoms with Crippen LogP contribution in [0.15, 0.2) is 24.3 Å². The first-order valence-corrected chi connectivity index (χ1v) is 6.08. The number of nitrogens with one attached hydrogen (secondary N) is 1. The van der Waals surface area contributed by atoms with Gasteiger partial charge >= 0.3 is 0 Å². The molecule has 1 atom stereocenters. The van der Waals surface area contributed by atoms with E-state index < -0.39 is 0 Å². The van der Waals surface area contributed by atoms with Crippen LogP contribution in [-0.2, 0) is 0 Å². The highest BCUT2D eigenvalue weighted by Gasteiger charge is 2.08. The van der Waals surface area contributed by atoms with Crippen molar-refractivity contribution in [2.45, 2.75) is 39.2 Å². The maximum Gasteiger partial charge on any atom is 0.119 e. The van der Waals surface area contributed by atoms with Gasteiger partial charge in [-0.3, -0.25) is 0 Å². The SMILES string of the molecule is CCC(CNC)c1ccc(OC(C)C)cc1. The number of hydrogen-bond donors (Lipinski definition) is 1. The first kappa shape index (κ1) is 13.0. The van der Waals surface area contributed by atoms with Crippen LogP contribution in [0.3, 0.4) is 0 Å². The molecule has 0 aromatic heterocycles. The Morgan fingerprint density at radius 3 is 2.25 bits per heavy atom. The second-order valence-electron chi connectivity index (χ2n) is 4.40. The topological polar surface area (TPSA) is 21.3 Å². The molecular formula is C14H23NO. The van der Waals surface area contributed by atoms with Crippen LogP contribution in [0.2, 0.25) is 0 Å². The van der Waals surface area contributed by atoms with Crippen molar-refractivity contribution < 1.29 is 4.74 Å². The van der Waals surface area contributed by atoms with Crippen LogP contribution >= 0.6 is 0 Å². The Hall–Kier alpha value is -1.02. The van der Waals surface area contributed by atoms with Gasteiger partial charge in [-0.15, -0.1) is 0 Å². The van der Waals surface area contributed by atoms with E-state index in [1.165, 1.54) is 5.56 Å². The molecule has 0 spiro atoms. The minimum Gasteiger partial charge on any atom is -0.491 e. The van der Waals surface area contributed by atoms with Crippen molar-refractivity contribution in [2.24, 2.45) is 0 Å². The van der Waals surface area contributed by atoms with Crippen LogP contribution < -0.4 is 10.1 Å². The van der Waals surface area contributed by atoms with Gasteiger partial charge in [-0.05, 0) is 50.9 Å². The molecule has 1 unspecified atom stereocenters. The summed E-state index contributed by atoms with van der Waals surface area (Å²) in [5.74, 6) is 1.55. The zero-order valence-electron chi connectivity index (χ0n) is 10.8. The van der Waals surface area contributed by atoms with E-state index in [2.05, 4.69) is 36.5 Å². The van der Waals surface area contributed by atoms with E-state index in [9.17, 15) is 0 Å². The molecule has 16 heavy (non-hydrogen) atoms. The molecule has 0 radical (unpaired) electrons. The number of rotatable bonds is 6. The van der Waals surface area contributed by atoms with Gasteiger partial charge < -0.3 is 10.1 Å². The van der Waals surface area contributed by atoms with Crippen LogP contribution in [0.5, 0.6) is 5.75 Å². The van der Waals surface area contributed by atoms with Crippen molar-refractivity contribution in [1.29, 1.82) is 0 Å². The van der Waals surface area contributed by atoms with Gasteiger partial charge in [-0.25, -0.2) is 0 Å². The summed E-state index contributed by atoms with van der Waals surface area (Å²) in [6.45, 7) is 7.34. The highest BCUT2D eigenvalue weighted by Crippen LogP contribution is 2.22. The van der Waals surface area contributed by atoms with Crippen molar-refractivity contribution >= 4 is 0 Å². The summed E-state index contributed by atoms with van der Waals surface area (Å²) in [4.78, 5) is 0. The molecule has 0 fully saturated rings. The second kappa shape index (κ2) is 6.54. The molecule has 0 aliphatic heterocycles. The van der Waals surface area contributed by atoms with Gasteiger partial charge in [0.15, 0.2) is 0 Å². The van der Waals surface area contributed by atoms with E-state index in [1.807, 2.05) is 20.9 Å². The third kappa shape index (κ3) is 3.86. The number of likely N-dealkylation sites (N-methyl/N-ethyl adjacent to an activating group) is 1. The summed E-state index contributed by atoms with van der Waals surface area (Å²) < 4.78 is 5.63. The second-order valence-corrected chi connectivity index (χ2v) is 4.40. The van der Waals surface area contributed by atoms with Gasteiger partial charge in [-0.1, -0.05) is 19.1 Å². The summed E-state index contributed by atoms with van der Waals surface area (Å²) >= 11 is 0. The molecule has 0 aliphatic rings. The fourth-order valence-electron chi connectivity index (χ4n) is 1.84. The largest absolute Gasteiger partial charge is 0.491 e. The van der Waals surface area contributed by atoms with Crippen LogP contribution in [0, 0.1) is 0 Å². The molecule has 1 rings (SSSR count). The van der Waals surface area contributed by atoms with E-state index in [4.69, 9.17) is 4.74 Å². The van der Waals surface area contributed by atoms with Crippen LogP contribution in [0.25, 0.3) is 0 Å². The molecule has 0 amide bonds. The maximum absolute atomic E-state index is 5.63. The maximum atomic E-state index is 5.63. The Morgan fingerprint density at radius 2 is 1.81 bits per heavy atom. The minimum absolute atomic E-state index is 0.241. The summed E-state index contributed by atoms with van der Waals surface area (Å²) in [6, 6.07) is 8.47. The molecule has 90 valence electrons. The van der Waals surface area contributed by atoms with Crippen molar-refractivity contribution in [1.82, 2.24) is 5.32 Å². The lowest BCUT2D eigenvalue weighted by Gasteiger charge is -2.16. The van der Waals surface area contributed by atoms with Gasteiger partial charge in [0, 0.05) is 6.54 Å². The molecule has 0 heterocycles. The van der Waals surface area contributed by atoms with Crippen LogP contribution in [-0.4, -0.2) is 19.7 Å². The molecule has 1 aromatic rings. The lowest BCUT2D eigenvalue weighted by atomic mass is 9.96. The van der Waals surface area contributed by atoms with Gasteiger partial charge in [-0.2, -0.15) is 0 Å². The average molecular weight is 221 g/mol. The molecule has 0 saturated heterocycles. The lowest BCUT2D eigenvalue weighted by Crippen LogP contribution is -2.16. The zero-order valence-corrected chi connectivity index (χ0v) is 10.8. The first-order valence-electron chi connectivity index (χ1n) is 6.08. The summed E-state index contributed by atoms with van der Waals surface area (Å²) in [5.41, 5.74) is 1.38. The Labute approximate surface area is 99.0 Å². The average Bonchev–Trinajstić information content (AvgIpc) is 2.26. The zero-order chi connectivity index (χ0) is 12.0. The molecule has 0 aliphatic carbocycles. The van der Waals surface area contributed by atoms with Gasteiger partial charge in [0.1, 0.15) is 5.75 Å². The molecule has 0 saturated carbocycles. The molecule has 2 heteroatoms. The normalized spacial score (nSPS) is 12.8.